The molecule has 0 saturated carbocycles. The Morgan fingerprint density at radius 1 is 1.12 bits per heavy atom. The molecule has 0 bridgehead atoms. The predicted octanol–water partition coefficient (Wildman–Crippen LogP) is 2.49. The molecule has 0 aliphatic heterocycles. The van der Waals surface area contributed by atoms with E-state index in [1.165, 1.54) is 0 Å². The van der Waals surface area contributed by atoms with Crippen molar-refractivity contribution in [2.45, 2.75) is 18.4 Å². The van der Waals surface area contributed by atoms with Crippen molar-refractivity contribution in [2.24, 2.45) is 0 Å². The molecule has 2 N–H and O–H groups in total. The topological polar surface area (TPSA) is 40.5 Å². The van der Waals surface area contributed by atoms with Crippen LogP contribution in [-0.4, -0.2) is 21.6 Å². The van der Waals surface area contributed by atoms with Gasteiger partial charge in [-0.15, -0.1) is 0 Å². The number of benzene rings is 1. The van der Waals surface area contributed by atoms with Crippen LogP contribution in [0.25, 0.3) is 0 Å². The molecule has 2 nitrogen and oxygen atoms in total. The lowest BCUT2D eigenvalue weighted by molar-refractivity contribution is -0.137. The lowest BCUT2D eigenvalue weighted by atomic mass is 10.0. The fourth-order valence-corrected chi connectivity index (χ4v) is 1.53. The summed E-state index contributed by atoms with van der Waals surface area (Å²) >= 11 is 2.97. The molecule has 1 aromatic rings. The van der Waals surface area contributed by atoms with Crippen molar-refractivity contribution in [1.29, 1.82) is 0 Å². The lowest BCUT2D eigenvalue weighted by Crippen LogP contribution is -2.19. The van der Waals surface area contributed by atoms with Crippen LogP contribution in [0.4, 0.5) is 13.2 Å². The molecule has 2 atom stereocenters. The van der Waals surface area contributed by atoms with Gasteiger partial charge in [0, 0.05) is 5.33 Å². The van der Waals surface area contributed by atoms with E-state index < -0.39 is 23.9 Å². The van der Waals surface area contributed by atoms with Gasteiger partial charge in [0.15, 0.2) is 0 Å². The van der Waals surface area contributed by atoms with E-state index in [0.717, 1.165) is 24.3 Å². The van der Waals surface area contributed by atoms with E-state index >= 15 is 0 Å². The highest BCUT2D eigenvalue weighted by molar-refractivity contribution is 9.09. The summed E-state index contributed by atoms with van der Waals surface area (Å²) in [5.74, 6) is 0. The molecular formula is C10H10BrF3O2. The van der Waals surface area contributed by atoms with E-state index in [0.29, 0.717) is 0 Å². The van der Waals surface area contributed by atoms with Gasteiger partial charge in [0.25, 0.3) is 0 Å². The Kier molecular flexibility index (Phi) is 4.35. The third-order valence-electron chi connectivity index (χ3n) is 2.10. The highest BCUT2D eigenvalue weighted by Gasteiger charge is 2.30. The van der Waals surface area contributed by atoms with Crippen molar-refractivity contribution in [3.05, 3.63) is 35.4 Å². The number of hydrogen-bond acceptors (Lipinski definition) is 2. The molecule has 0 amide bonds. The second-order valence-corrected chi connectivity index (χ2v) is 3.93. The molecule has 0 fully saturated rings. The molecule has 90 valence electrons. The summed E-state index contributed by atoms with van der Waals surface area (Å²) in [6, 6.07) is 4.05. The van der Waals surface area contributed by atoms with Crippen molar-refractivity contribution >= 4 is 15.9 Å². The van der Waals surface area contributed by atoms with Gasteiger partial charge in [-0.3, -0.25) is 0 Å². The summed E-state index contributed by atoms with van der Waals surface area (Å²) in [6.45, 7) is 0. The van der Waals surface area contributed by atoms with Crippen LogP contribution in [0.1, 0.15) is 17.2 Å². The highest BCUT2D eigenvalue weighted by atomic mass is 79.9. The Labute approximate surface area is 98.8 Å². The highest BCUT2D eigenvalue weighted by Crippen LogP contribution is 2.30. The minimum Gasteiger partial charge on any atom is -0.389 e. The van der Waals surface area contributed by atoms with Crippen molar-refractivity contribution in [1.82, 2.24) is 0 Å². The SMILES string of the molecule is OC(CBr)C(O)c1ccc(C(F)(F)F)cc1. The first-order chi connectivity index (χ1) is 7.36. The molecule has 2 unspecified atom stereocenters. The maximum atomic E-state index is 12.2. The molecule has 6 heteroatoms. The maximum absolute atomic E-state index is 12.2. The molecular weight excluding hydrogens is 289 g/mol. The average Bonchev–Trinajstić information content (AvgIpc) is 2.26. The van der Waals surface area contributed by atoms with Gasteiger partial charge >= 0.3 is 6.18 Å². The zero-order chi connectivity index (χ0) is 12.3. The van der Waals surface area contributed by atoms with Gasteiger partial charge in [-0.2, -0.15) is 13.2 Å². The zero-order valence-corrected chi connectivity index (χ0v) is 9.66. The average molecular weight is 299 g/mol. The summed E-state index contributed by atoms with van der Waals surface area (Å²) in [5, 5.41) is 19.0. The Balaban J connectivity index is 2.87. The van der Waals surface area contributed by atoms with Crippen molar-refractivity contribution in [2.75, 3.05) is 5.33 Å². The molecule has 16 heavy (non-hydrogen) atoms. The van der Waals surface area contributed by atoms with Gasteiger partial charge in [-0.05, 0) is 17.7 Å². The standard InChI is InChI=1S/C10H10BrF3O2/c11-5-8(15)9(16)6-1-3-7(4-2-6)10(12,13)14/h1-4,8-9,15-16H,5H2. The smallest absolute Gasteiger partial charge is 0.389 e. The monoisotopic (exact) mass is 298 g/mol. The number of alkyl halides is 4. The fraction of sp³-hybridized carbons (Fsp3) is 0.400. The number of halogens is 4. The maximum Gasteiger partial charge on any atom is 0.416 e. The van der Waals surface area contributed by atoms with E-state index in [1.807, 2.05) is 0 Å². The van der Waals surface area contributed by atoms with Crippen LogP contribution < -0.4 is 0 Å². The first-order valence-electron chi connectivity index (χ1n) is 4.45. The minimum atomic E-state index is -4.39. The number of hydrogen-bond donors (Lipinski definition) is 2. The molecule has 0 saturated heterocycles. The summed E-state index contributed by atoms with van der Waals surface area (Å²) in [7, 11) is 0. The van der Waals surface area contributed by atoms with Crippen LogP contribution in [0.3, 0.4) is 0 Å². The Morgan fingerprint density at radius 2 is 1.62 bits per heavy atom. The third-order valence-corrected chi connectivity index (χ3v) is 2.77. The molecule has 0 aliphatic carbocycles. The molecule has 0 aliphatic rings. The van der Waals surface area contributed by atoms with E-state index in [2.05, 4.69) is 15.9 Å². The van der Waals surface area contributed by atoms with Gasteiger partial charge in [-0.25, -0.2) is 0 Å². The van der Waals surface area contributed by atoms with Crippen LogP contribution >= 0.6 is 15.9 Å². The summed E-state index contributed by atoms with van der Waals surface area (Å²) in [4.78, 5) is 0. The summed E-state index contributed by atoms with van der Waals surface area (Å²) in [5.41, 5.74) is -0.531. The summed E-state index contributed by atoms with van der Waals surface area (Å²) < 4.78 is 36.7. The first-order valence-corrected chi connectivity index (χ1v) is 5.57. The third kappa shape index (κ3) is 3.20. The van der Waals surface area contributed by atoms with Crippen LogP contribution in [-0.2, 0) is 6.18 Å². The van der Waals surface area contributed by atoms with Gasteiger partial charge in [-0.1, -0.05) is 28.1 Å². The van der Waals surface area contributed by atoms with Gasteiger partial charge in [0.05, 0.1) is 11.7 Å². The fourth-order valence-electron chi connectivity index (χ4n) is 1.18. The largest absolute Gasteiger partial charge is 0.416 e. The van der Waals surface area contributed by atoms with Crippen molar-refractivity contribution in [3.63, 3.8) is 0 Å². The van der Waals surface area contributed by atoms with Gasteiger partial charge in [0.1, 0.15) is 6.10 Å². The number of aliphatic hydroxyl groups excluding tert-OH is 2. The molecule has 0 radical (unpaired) electrons. The van der Waals surface area contributed by atoms with Gasteiger partial charge < -0.3 is 10.2 Å². The molecule has 0 aromatic heterocycles. The van der Waals surface area contributed by atoms with E-state index in [-0.39, 0.29) is 10.9 Å². The predicted molar refractivity (Wildman–Crippen MR) is 56.2 cm³/mol. The number of rotatable bonds is 3. The molecule has 0 heterocycles. The van der Waals surface area contributed by atoms with E-state index in [9.17, 15) is 23.4 Å². The Bertz CT molecular complexity index is 337. The zero-order valence-electron chi connectivity index (χ0n) is 8.08. The first kappa shape index (κ1) is 13.5. The van der Waals surface area contributed by atoms with Crippen LogP contribution in [0.15, 0.2) is 24.3 Å². The lowest BCUT2D eigenvalue weighted by Gasteiger charge is -2.16. The van der Waals surface area contributed by atoms with Crippen LogP contribution in [0, 0.1) is 0 Å². The summed E-state index contributed by atoms with van der Waals surface area (Å²) in [6.07, 6.45) is -6.63. The second-order valence-electron chi connectivity index (χ2n) is 3.29. The quantitative estimate of drug-likeness (QED) is 0.842. The Hall–Kier alpha value is -0.590. The second kappa shape index (κ2) is 5.16. The number of aliphatic hydroxyl groups is 2. The molecule has 1 rings (SSSR count). The van der Waals surface area contributed by atoms with Crippen molar-refractivity contribution in [3.8, 4) is 0 Å². The Morgan fingerprint density at radius 3 is 2.00 bits per heavy atom. The minimum absolute atomic E-state index is 0.148. The van der Waals surface area contributed by atoms with Gasteiger partial charge in [0.2, 0.25) is 0 Å². The van der Waals surface area contributed by atoms with Crippen LogP contribution in [0.5, 0.6) is 0 Å². The van der Waals surface area contributed by atoms with Crippen molar-refractivity contribution < 1.29 is 23.4 Å². The molecule has 1 aromatic carbocycles. The normalized spacial score (nSPS) is 15.9. The van der Waals surface area contributed by atoms with E-state index in [1.54, 1.807) is 0 Å². The molecule has 0 spiro atoms. The van der Waals surface area contributed by atoms with E-state index in [4.69, 9.17) is 0 Å². The van der Waals surface area contributed by atoms with Crippen LogP contribution in [0.2, 0.25) is 0 Å².